The van der Waals surface area contributed by atoms with Crippen molar-refractivity contribution in [1.82, 2.24) is 0 Å². The van der Waals surface area contributed by atoms with E-state index in [0.29, 0.717) is 0 Å². The number of carbonyl (C=O) groups is 1. The van der Waals surface area contributed by atoms with Crippen molar-refractivity contribution >= 4 is 5.97 Å². The van der Waals surface area contributed by atoms with Crippen LogP contribution < -0.4 is 0 Å². The molecule has 0 saturated carbocycles. The molecule has 0 aliphatic carbocycles. The van der Waals surface area contributed by atoms with E-state index in [1.165, 1.54) is 7.11 Å². The molecule has 0 rings (SSSR count). The van der Waals surface area contributed by atoms with E-state index in [9.17, 15) is 4.79 Å². The molecule has 0 heterocycles. The Hall–Kier alpha value is -1.35. The minimum Gasteiger partial charge on any atom is -0.460 e. The van der Waals surface area contributed by atoms with E-state index in [2.05, 4.69) is 11.3 Å². The monoisotopic (exact) mass is 182 g/mol. The van der Waals surface area contributed by atoms with E-state index in [0.717, 1.165) is 0 Å². The van der Waals surface area contributed by atoms with Gasteiger partial charge in [0.25, 0.3) is 0 Å². The highest BCUT2D eigenvalue weighted by Crippen LogP contribution is 1.83. The Morgan fingerprint density at radius 2 is 2.15 bits per heavy atom. The lowest BCUT2D eigenvalue weighted by Crippen LogP contribution is -2.10. The minimum atomic E-state index is -0.361. The number of ether oxygens (including phenoxy) is 2. The highest BCUT2D eigenvalue weighted by atomic mass is 16.6. The van der Waals surface area contributed by atoms with Crippen molar-refractivity contribution in [2.75, 3.05) is 20.3 Å². The van der Waals surface area contributed by atoms with Crippen molar-refractivity contribution in [3.8, 4) is 0 Å². The van der Waals surface area contributed by atoms with Gasteiger partial charge >= 0.3 is 5.97 Å². The van der Waals surface area contributed by atoms with Crippen LogP contribution in [0.2, 0.25) is 0 Å². The summed E-state index contributed by atoms with van der Waals surface area (Å²) in [5, 5.41) is 0. The molecule has 0 spiro atoms. The summed E-state index contributed by atoms with van der Waals surface area (Å²) in [4.78, 5) is 10.7. The van der Waals surface area contributed by atoms with Crippen LogP contribution >= 0.6 is 0 Å². The summed E-state index contributed by atoms with van der Waals surface area (Å²) in [5.41, 5.74) is 0. The first-order valence-electron chi connectivity index (χ1n) is 3.90. The Morgan fingerprint density at radius 1 is 1.38 bits per heavy atom. The van der Waals surface area contributed by atoms with Gasteiger partial charge in [-0.2, -0.15) is 0 Å². The number of esters is 1. The Kier molecular flexibility index (Phi) is 7.84. The third-order valence-electron chi connectivity index (χ3n) is 1.10. The van der Waals surface area contributed by atoms with Gasteiger partial charge in [0.2, 0.25) is 0 Å². The maximum absolute atomic E-state index is 10.7. The Labute approximate surface area is 78.3 Å². The van der Waals surface area contributed by atoms with Crippen LogP contribution in [0, 0.1) is 0 Å². The van der Waals surface area contributed by atoms with Gasteiger partial charge in [-0.3, -0.25) is 0 Å². The fourth-order valence-electron chi connectivity index (χ4n) is 0.577. The van der Waals surface area contributed by atoms with Crippen LogP contribution in [0.15, 0.2) is 37.0 Å². The highest BCUT2D eigenvalue weighted by Gasteiger charge is 1.97. The van der Waals surface area contributed by atoms with E-state index in [4.69, 9.17) is 4.74 Å². The summed E-state index contributed by atoms with van der Waals surface area (Å²) in [5.74, 6) is -0.361. The van der Waals surface area contributed by atoms with E-state index >= 15 is 0 Å². The summed E-state index contributed by atoms with van der Waals surface area (Å²) < 4.78 is 9.33. The van der Waals surface area contributed by atoms with Crippen LogP contribution in [0.3, 0.4) is 0 Å². The van der Waals surface area contributed by atoms with E-state index in [-0.39, 0.29) is 19.2 Å². The third-order valence-corrected chi connectivity index (χ3v) is 1.10. The lowest BCUT2D eigenvalue weighted by atomic mass is 10.4. The zero-order valence-electron chi connectivity index (χ0n) is 7.73. The molecule has 0 aromatic heterocycles. The lowest BCUT2D eigenvalue weighted by molar-refractivity contribution is -0.146. The minimum absolute atomic E-state index is 0.00363. The van der Waals surface area contributed by atoms with Crippen molar-refractivity contribution in [2.24, 2.45) is 0 Å². The number of hydrogen-bond acceptors (Lipinski definition) is 3. The van der Waals surface area contributed by atoms with Gasteiger partial charge in [0.1, 0.15) is 13.2 Å². The van der Waals surface area contributed by atoms with Crippen molar-refractivity contribution in [3.63, 3.8) is 0 Å². The second-order valence-corrected chi connectivity index (χ2v) is 2.16. The molecule has 3 heteroatoms. The summed E-state index contributed by atoms with van der Waals surface area (Å²) in [6.07, 6.45) is 8.77. The van der Waals surface area contributed by atoms with Crippen molar-refractivity contribution in [3.05, 3.63) is 37.0 Å². The molecule has 0 aliphatic heterocycles. The molecule has 0 unspecified atom stereocenters. The predicted octanol–water partition coefficient (Wildman–Crippen LogP) is 1.47. The topological polar surface area (TPSA) is 35.5 Å². The fraction of sp³-hybridized carbons (Fsp3) is 0.300. The molecule has 72 valence electrons. The number of rotatable bonds is 6. The average Bonchev–Trinajstić information content (AvgIpc) is 2.11. The Bertz CT molecular complexity index is 204. The standard InChI is InChI=1S/C10H14O3/c1-3-4-5-6-7-8-13-10(11)9-12-2/h3-7H,1,8-9H2,2H3/b5-4-,7-6+. The van der Waals surface area contributed by atoms with Crippen LogP contribution in [0.4, 0.5) is 0 Å². The van der Waals surface area contributed by atoms with Crippen molar-refractivity contribution in [2.45, 2.75) is 0 Å². The number of methoxy groups -OCH3 is 1. The van der Waals surface area contributed by atoms with Gasteiger partial charge < -0.3 is 9.47 Å². The van der Waals surface area contributed by atoms with Crippen LogP contribution in [-0.4, -0.2) is 26.3 Å². The molecule has 0 bridgehead atoms. The third kappa shape index (κ3) is 8.56. The maximum atomic E-state index is 10.7. The molecule has 0 aliphatic rings. The summed E-state index contributed by atoms with van der Waals surface area (Å²) >= 11 is 0. The van der Waals surface area contributed by atoms with Gasteiger partial charge in [0, 0.05) is 7.11 Å². The number of allylic oxidation sites excluding steroid dienone is 4. The number of carbonyl (C=O) groups excluding carboxylic acids is 1. The average molecular weight is 182 g/mol. The predicted molar refractivity (Wildman–Crippen MR) is 51.3 cm³/mol. The first-order valence-corrected chi connectivity index (χ1v) is 3.90. The molecule has 3 nitrogen and oxygen atoms in total. The quantitative estimate of drug-likeness (QED) is 0.461. The summed E-state index contributed by atoms with van der Waals surface area (Å²) in [6.45, 7) is 3.77. The molecule has 0 saturated heterocycles. The van der Waals surface area contributed by atoms with Gasteiger partial charge in [-0.1, -0.05) is 30.9 Å². The fourth-order valence-corrected chi connectivity index (χ4v) is 0.577. The lowest BCUT2D eigenvalue weighted by Gasteiger charge is -1.98. The zero-order valence-corrected chi connectivity index (χ0v) is 7.73. The largest absolute Gasteiger partial charge is 0.460 e. The van der Waals surface area contributed by atoms with Crippen LogP contribution in [0.1, 0.15) is 0 Å². The molecule has 0 fully saturated rings. The molecule has 0 radical (unpaired) electrons. The smallest absolute Gasteiger partial charge is 0.332 e. The van der Waals surface area contributed by atoms with E-state index < -0.39 is 0 Å². The molecule has 0 aromatic carbocycles. The molecule has 0 amide bonds. The maximum Gasteiger partial charge on any atom is 0.332 e. The van der Waals surface area contributed by atoms with Crippen LogP contribution in [0.25, 0.3) is 0 Å². The summed E-state index contributed by atoms with van der Waals surface area (Å²) in [6, 6.07) is 0. The second-order valence-electron chi connectivity index (χ2n) is 2.16. The number of hydrogen-bond donors (Lipinski definition) is 0. The first kappa shape index (κ1) is 11.6. The summed E-state index contributed by atoms with van der Waals surface area (Å²) in [7, 11) is 1.45. The van der Waals surface area contributed by atoms with E-state index in [1.807, 2.05) is 0 Å². The molecular formula is C10H14O3. The second kappa shape index (κ2) is 8.74. The molecule has 0 atom stereocenters. The van der Waals surface area contributed by atoms with E-state index in [1.54, 1.807) is 30.4 Å². The van der Waals surface area contributed by atoms with Gasteiger partial charge in [0.15, 0.2) is 0 Å². The highest BCUT2D eigenvalue weighted by molar-refractivity contribution is 5.70. The van der Waals surface area contributed by atoms with Gasteiger partial charge in [-0.25, -0.2) is 4.79 Å². The van der Waals surface area contributed by atoms with Gasteiger partial charge in [-0.15, -0.1) is 0 Å². The Morgan fingerprint density at radius 3 is 2.77 bits per heavy atom. The zero-order chi connectivity index (χ0) is 9.94. The molecule has 0 N–H and O–H groups in total. The van der Waals surface area contributed by atoms with Crippen molar-refractivity contribution in [1.29, 1.82) is 0 Å². The van der Waals surface area contributed by atoms with Crippen molar-refractivity contribution < 1.29 is 14.3 Å². The first-order chi connectivity index (χ1) is 6.31. The van der Waals surface area contributed by atoms with Crippen LogP contribution in [-0.2, 0) is 14.3 Å². The molecule has 0 aromatic rings. The molecule has 13 heavy (non-hydrogen) atoms. The van der Waals surface area contributed by atoms with Crippen LogP contribution in [0.5, 0.6) is 0 Å². The SMILES string of the molecule is C=C/C=C\C=C\COC(=O)COC. The van der Waals surface area contributed by atoms with Gasteiger partial charge in [-0.05, 0) is 6.08 Å². The Balaban J connectivity index is 3.43. The normalized spacial score (nSPS) is 10.8. The van der Waals surface area contributed by atoms with Gasteiger partial charge in [0.05, 0.1) is 0 Å². The molecular weight excluding hydrogens is 168 g/mol.